The van der Waals surface area contributed by atoms with Gasteiger partial charge in [-0.1, -0.05) is 17.7 Å². The van der Waals surface area contributed by atoms with E-state index in [4.69, 9.17) is 9.47 Å². The third-order valence-electron chi connectivity index (χ3n) is 4.24. The molecule has 1 amide bonds. The van der Waals surface area contributed by atoms with E-state index in [1.165, 1.54) is 11.3 Å². The zero-order valence-corrected chi connectivity index (χ0v) is 15.8. The number of aryl methyl sites for hydroxylation is 1. The van der Waals surface area contributed by atoms with Gasteiger partial charge in [-0.2, -0.15) is 0 Å². The van der Waals surface area contributed by atoms with E-state index in [1.54, 1.807) is 0 Å². The molecule has 0 radical (unpaired) electrons. The van der Waals surface area contributed by atoms with E-state index in [0.29, 0.717) is 13.2 Å². The molecule has 1 aliphatic heterocycles. The van der Waals surface area contributed by atoms with Gasteiger partial charge in [0.2, 0.25) is 5.91 Å². The quantitative estimate of drug-likeness (QED) is 0.726. The Kier molecular flexibility index (Phi) is 5.07. The summed E-state index contributed by atoms with van der Waals surface area (Å²) in [5.41, 5.74) is 3.76. The third kappa shape index (κ3) is 4.28. The van der Waals surface area contributed by atoms with Crippen LogP contribution in [0.5, 0.6) is 11.5 Å². The molecule has 2 aromatic carbocycles. The van der Waals surface area contributed by atoms with Crippen molar-refractivity contribution >= 4 is 22.9 Å². The van der Waals surface area contributed by atoms with Gasteiger partial charge in [-0.05, 0) is 37.3 Å². The Labute approximate surface area is 162 Å². The van der Waals surface area contributed by atoms with Crippen LogP contribution in [0.1, 0.15) is 17.0 Å². The Hall–Kier alpha value is -2.86. The predicted molar refractivity (Wildman–Crippen MR) is 107 cm³/mol. The molecule has 0 saturated heterocycles. The minimum Gasteiger partial charge on any atom is -0.490 e. The van der Waals surface area contributed by atoms with Gasteiger partial charge in [-0.25, -0.2) is 4.98 Å². The molecule has 27 heavy (non-hydrogen) atoms. The number of hydrogen-bond donors (Lipinski definition) is 1. The van der Waals surface area contributed by atoms with Crippen LogP contribution in [0, 0.1) is 6.92 Å². The second kappa shape index (κ2) is 7.80. The molecule has 0 fully saturated rings. The first kappa shape index (κ1) is 17.5. The summed E-state index contributed by atoms with van der Waals surface area (Å²) < 4.78 is 11.4. The summed E-state index contributed by atoms with van der Waals surface area (Å²) in [6.07, 6.45) is 1.13. The van der Waals surface area contributed by atoms with Gasteiger partial charge in [-0.3, -0.25) is 4.79 Å². The summed E-state index contributed by atoms with van der Waals surface area (Å²) in [6, 6.07) is 13.6. The van der Waals surface area contributed by atoms with E-state index in [-0.39, 0.29) is 12.3 Å². The minimum atomic E-state index is -0.0709. The minimum absolute atomic E-state index is 0.0709. The summed E-state index contributed by atoms with van der Waals surface area (Å²) in [6.45, 7) is 3.34. The number of aromatic nitrogens is 1. The zero-order chi connectivity index (χ0) is 18.6. The van der Waals surface area contributed by atoms with Crippen molar-refractivity contribution in [3.05, 3.63) is 58.4 Å². The topological polar surface area (TPSA) is 60.5 Å². The number of rotatable bonds is 4. The number of thiazole rings is 1. The van der Waals surface area contributed by atoms with Gasteiger partial charge in [0.25, 0.3) is 0 Å². The molecule has 0 saturated carbocycles. The van der Waals surface area contributed by atoms with Gasteiger partial charge in [-0.15, -0.1) is 11.3 Å². The average Bonchev–Trinajstić information content (AvgIpc) is 2.99. The van der Waals surface area contributed by atoms with Gasteiger partial charge >= 0.3 is 0 Å². The molecule has 1 aliphatic rings. The largest absolute Gasteiger partial charge is 0.490 e. The van der Waals surface area contributed by atoms with E-state index in [2.05, 4.69) is 10.3 Å². The summed E-state index contributed by atoms with van der Waals surface area (Å²) in [5.74, 6) is 1.44. The summed E-state index contributed by atoms with van der Waals surface area (Å²) in [4.78, 5) is 16.9. The Bertz CT molecular complexity index is 950. The van der Waals surface area contributed by atoms with Crippen molar-refractivity contribution in [1.82, 2.24) is 4.98 Å². The number of nitrogens with zero attached hydrogens (tertiary/aromatic N) is 1. The van der Waals surface area contributed by atoms with Crippen molar-refractivity contribution < 1.29 is 14.3 Å². The first-order valence-electron chi connectivity index (χ1n) is 8.88. The van der Waals surface area contributed by atoms with Crippen molar-refractivity contribution in [3.63, 3.8) is 0 Å². The number of carbonyl (C=O) groups is 1. The first-order valence-corrected chi connectivity index (χ1v) is 9.76. The summed E-state index contributed by atoms with van der Waals surface area (Å²) in [7, 11) is 0. The molecule has 5 nitrogen and oxygen atoms in total. The number of carbonyl (C=O) groups excluding carboxylic acids is 1. The Morgan fingerprint density at radius 2 is 1.89 bits per heavy atom. The highest BCUT2D eigenvalue weighted by Gasteiger charge is 2.14. The van der Waals surface area contributed by atoms with Crippen molar-refractivity contribution in [2.75, 3.05) is 18.5 Å². The molecule has 0 aliphatic carbocycles. The molecule has 0 spiro atoms. The van der Waals surface area contributed by atoms with Crippen molar-refractivity contribution in [1.29, 1.82) is 0 Å². The molecule has 1 N–H and O–H groups in total. The number of amides is 1. The normalized spacial score (nSPS) is 13.1. The fraction of sp³-hybridized carbons (Fsp3) is 0.238. The first-order chi connectivity index (χ1) is 13.2. The standard InChI is InChI=1S/C21H20N2O3S/c1-14-3-6-16(7-4-14)22-20(24)12-21-23-17(13-27-21)15-5-8-18-19(11-15)26-10-2-9-25-18/h3-8,11,13H,2,9-10,12H2,1H3,(H,22,24). The van der Waals surface area contributed by atoms with E-state index < -0.39 is 0 Å². The van der Waals surface area contributed by atoms with E-state index in [1.807, 2.05) is 54.8 Å². The SMILES string of the molecule is Cc1ccc(NC(=O)Cc2nc(-c3ccc4c(c3)OCCCO4)cs2)cc1. The van der Waals surface area contributed by atoms with Crippen molar-refractivity contribution in [2.24, 2.45) is 0 Å². The van der Waals surface area contributed by atoms with Crippen LogP contribution >= 0.6 is 11.3 Å². The lowest BCUT2D eigenvalue weighted by Gasteiger charge is -2.08. The van der Waals surface area contributed by atoms with Crippen LogP contribution in [0.3, 0.4) is 0 Å². The average molecular weight is 380 g/mol. The molecule has 0 bridgehead atoms. The zero-order valence-electron chi connectivity index (χ0n) is 15.0. The highest BCUT2D eigenvalue weighted by Crippen LogP contribution is 2.34. The van der Waals surface area contributed by atoms with Gasteiger partial charge in [0.1, 0.15) is 5.01 Å². The maximum absolute atomic E-state index is 12.3. The molecule has 0 atom stereocenters. The van der Waals surface area contributed by atoms with E-state index in [0.717, 1.165) is 45.4 Å². The second-order valence-electron chi connectivity index (χ2n) is 6.43. The van der Waals surface area contributed by atoms with Gasteiger partial charge in [0, 0.05) is 23.1 Å². The highest BCUT2D eigenvalue weighted by atomic mass is 32.1. The maximum Gasteiger partial charge on any atom is 0.231 e. The number of hydrogen-bond acceptors (Lipinski definition) is 5. The fourth-order valence-electron chi connectivity index (χ4n) is 2.83. The number of ether oxygens (including phenoxy) is 2. The van der Waals surface area contributed by atoms with Crippen LogP contribution in [0.15, 0.2) is 47.8 Å². The Morgan fingerprint density at radius 1 is 1.11 bits per heavy atom. The molecule has 2 heterocycles. The monoisotopic (exact) mass is 380 g/mol. The molecule has 0 unspecified atom stereocenters. The smallest absolute Gasteiger partial charge is 0.231 e. The Morgan fingerprint density at radius 3 is 2.70 bits per heavy atom. The second-order valence-corrected chi connectivity index (χ2v) is 7.37. The molecular weight excluding hydrogens is 360 g/mol. The third-order valence-corrected chi connectivity index (χ3v) is 5.09. The lowest BCUT2D eigenvalue weighted by Crippen LogP contribution is -2.14. The number of nitrogens with one attached hydrogen (secondary N) is 1. The molecular formula is C21H20N2O3S. The van der Waals surface area contributed by atoms with Crippen molar-refractivity contribution in [2.45, 2.75) is 19.8 Å². The lowest BCUT2D eigenvalue weighted by molar-refractivity contribution is -0.115. The summed E-state index contributed by atoms with van der Waals surface area (Å²) in [5, 5.41) is 5.65. The molecule has 138 valence electrons. The molecule has 1 aromatic heterocycles. The van der Waals surface area contributed by atoms with Gasteiger partial charge < -0.3 is 14.8 Å². The van der Waals surface area contributed by atoms with E-state index in [9.17, 15) is 4.79 Å². The van der Waals surface area contributed by atoms with Crippen LogP contribution in [0.2, 0.25) is 0 Å². The predicted octanol–water partition coefficient (Wildman–Crippen LogP) is 4.46. The fourth-order valence-corrected chi connectivity index (χ4v) is 3.63. The maximum atomic E-state index is 12.3. The molecule has 6 heteroatoms. The van der Waals surface area contributed by atoms with Gasteiger partial charge in [0.05, 0.1) is 25.3 Å². The van der Waals surface area contributed by atoms with Gasteiger partial charge in [0.15, 0.2) is 11.5 Å². The number of anilines is 1. The summed E-state index contributed by atoms with van der Waals surface area (Å²) >= 11 is 1.48. The number of benzene rings is 2. The van der Waals surface area contributed by atoms with Crippen LogP contribution < -0.4 is 14.8 Å². The number of fused-ring (bicyclic) bond motifs is 1. The van der Waals surface area contributed by atoms with Crippen molar-refractivity contribution in [3.8, 4) is 22.8 Å². The molecule has 3 aromatic rings. The lowest BCUT2D eigenvalue weighted by atomic mass is 10.1. The highest BCUT2D eigenvalue weighted by molar-refractivity contribution is 7.10. The van der Waals surface area contributed by atoms with Crippen LogP contribution in [0.25, 0.3) is 11.3 Å². The Balaban J connectivity index is 1.44. The van der Waals surface area contributed by atoms with E-state index >= 15 is 0 Å². The van der Waals surface area contributed by atoms with Crippen LogP contribution in [0.4, 0.5) is 5.69 Å². The molecule has 4 rings (SSSR count). The van der Waals surface area contributed by atoms with Crippen LogP contribution in [-0.2, 0) is 11.2 Å². The van der Waals surface area contributed by atoms with Crippen LogP contribution in [-0.4, -0.2) is 24.1 Å².